The van der Waals surface area contributed by atoms with E-state index in [-0.39, 0.29) is 17.4 Å². The molecule has 1 aliphatic heterocycles. The molecule has 1 aliphatic carbocycles. The van der Waals surface area contributed by atoms with Crippen molar-refractivity contribution in [1.82, 2.24) is 14.5 Å². The number of nitrogens with zero attached hydrogens (tertiary/aromatic N) is 3. The molecule has 0 atom stereocenters. The van der Waals surface area contributed by atoms with Gasteiger partial charge in [-0.1, -0.05) is 42.4 Å². The number of pyridine rings is 2. The Bertz CT molecular complexity index is 1600. The third-order valence-corrected chi connectivity index (χ3v) is 7.61. The van der Waals surface area contributed by atoms with E-state index in [4.69, 9.17) is 17.3 Å². The van der Waals surface area contributed by atoms with Gasteiger partial charge in [0.25, 0.3) is 5.56 Å². The van der Waals surface area contributed by atoms with Gasteiger partial charge in [-0.3, -0.25) is 14.2 Å². The fourth-order valence-corrected chi connectivity index (χ4v) is 5.40. The second-order valence-electron chi connectivity index (χ2n) is 9.58. The van der Waals surface area contributed by atoms with Crippen LogP contribution in [-0.4, -0.2) is 33.4 Å². The number of hydrogen-bond donors (Lipinski definition) is 1. The van der Waals surface area contributed by atoms with E-state index in [2.05, 4.69) is 29.8 Å². The maximum atomic E-state index is 14.0. The molecule has 1 saturated heterocycles. The molecule has 6 rings (SSSR count). The van der Waals surface area contributed by atoms with E-state index in [1.165, 1.54) is 24.5 Å². The molecule has 2 N–H and O–H groups in total. The molecule has 6 nitrogen and oxygen atoms in total. The Hall–Kier alpha value is -3.90. The van der Waals surface area contributed by atoms with Gasteiger partial charge in [0, 0.05) is 41.8 Å². The Morgan fingerprint density at radius 2 is 1.89 bits per heavy atom. The molecule has 1 saturated carbocycles. The first-order chi connectivity index (χ1) is 17.4. The van der Waals surface area contributed by atoms with Crippen LogP contribution in [0.4, 0.5) is 5.82 Å². The molecule has 7 heteroatoms. The van der Waals surface area contributed by atoms with E-state index in [9.17, 15) is 9.59 Å². The Kier molecular flexibility index (Phi) is 5.41. The zero-order valence-electron chi connectivity index (χ0n) is 19.7. The van der Waals surface area contributed by atoms with Crippen molar-refractivity contribution in [2.24, 2.45) is 0 Å². The number of fused-ring (bicyclic) bond motifs is 1. The number of amides is 1. The van der Waals surface area contributed by atoms with Crippen LogP contribution >= 0.6 is 11.6 Å². The number of nitrogen functional groups attached to an aromatic ring is 1. The number of likely N-dealkylation sites (tertiary alicyclic amines) is 1. The molecule has 0 unspecified atom stereocenters. The van der Waals surface area contributed by atoms with Crippen molar-refractivity contribution in [1.29, 1.82) is 0 Å². The van der Waals surface area contributed by atoms with Crippen LogP contribution in [0.2, 0.25) is 5.02 Å². The van der Waals surface area contributed by atoms with Gasteiger partial charge < -0.3 is 10.6 Å². The highest BCUT2D eigenvalue weighted by Crippen LogP contribution is 2.41. The molecule has 0 radical (unpaired) electrons. The molecule has 4 aromatic rings. The number of carbonyl (C=O) groups is 1. The smallest absolute Gasteiger partial charge is 0.263 e. The lowest BCUT2D eigenvalue weighted by Crippen LogP contribution is -2.49. The van der Waals surface area contributed by atoms with Crippen molar-refractivity contribution in [3.05, 3.63) is 100 Å². The SMILES string of the molecule is C=CC(=O)N1CC(c2cc3cc(C4CC4)ccc3c(=O)n2-c2cccc(-c3ccnc(N)c3)c2Cl)C1. The highest BCUT2D eigenvalue weighted by atomic mass is 35.5. The minimum absolute atomic E-state index is 0.00636. The minimum atomic E-state index is -0.119. The monoisotopic (exact) mass is 496 g/mol. The molecule has 2 fully saturated rings. The van der Waals surface area contributed by atoms with Crippen LogP contribution in [0.25, 0.3) is 27.6 Å². The first kappa shape index (κ1) is 22.6. The fraction of sp³-hybridized carbons (Fsp3) is 0.207. The van der Waals surface area contributed by atoms with E-state index in [1.807, 2.05) is 30.3 Å². The predicted molar refractivity (Wildman–Crippen MR) is 144 cm³/mol. The summed E-state index contributed by atoms with van der Waals surface area (Å²) in [6, 6.07) is 17.5. The average molecular weight is 497 g/mol. The van der Waals surface area contributed by atoms with Crippen molar-refractivity contribution in [2.75, 3.05) is 18.8 Å². The number of nitrogens with two attached hydrogens (primary N) is 1. The minimum Gasteiger partial charge on any atom is -0.384 e. The third kappa shape index (κ3) is 3.78. The molecule has 2 aliphatic rings. The number of hydrogen-bond acceptors (Lipinski definition) is 4. The maximum absolute atomic E-state index is 14.0. The van der Waals surface area contributed by atoms with Crippen molar-refractivity contribution in [3.63, 3.8) is 0 Å². The van der Waals surface area contributed by atoms with E-state index in [0.717, 1.165) is 22.2 Å². The fourth-order valence-electron chi connectivity index (χ4n) is 5.08. The summed E-state index contributed by atoms with van der Waals surface area (Å²) in [5.41, 5.74) is 10.1. The predicted octanol–water partition coefficient (Wildman–Crippen LogP) is 5.28. The summed E-state index contributed by atoms with van der Waals surface area (Å²) in [6.45, 7) is 4.64. The quantitative estimate of drug-likeness (QED) is 0.381. The van der Waals surface area contributed by atoms with E-state index >= 15 is 0 Å². The summed E-state index contributed by atoms with van der Waals surface area (Å²) >= 11 is 6.97. The van der Waals surface area contributed by atoms with Gasteiger partial charge in [-0.05, 0) is 71.7 Å². The van der Waals surface area contributed by atoms with Crippen LogP contribution in [-0.2, 0) is 4.79 Å². The van der Waals surface area contributed by atoms with E-state index in [0.29, 0.717) is 40.9 Å². The Labute approximate surface area is 213 Å². The number of aromatic nitrogens is 2. The van der Waals surface area contributed by atoms with Crippen molar-refractivity contribution in [2.45, 2.75) is 24.7 Å². The summed E-state index contributed by atoms with van der Waals surface area (Å²) in [5.74, 6) is 0.883. The number of carbonyl (C=O) groups excluding carboxylic acids is 1. The van der Waals surface area contributed by atoms with E-state index in [1.54, 1.807) is 21.7 Å². The lowest BCUT2D eigenvalue weighted by molar-refractivity contribution is -0.130. The number of anilines is 1. The molecule has 0 spiro atoms. The summed E-state index contributed by atoms with van der Waals surface area (Å²) in [6.07, 6.45) is 5.35. The first-order valence-corrected chi connectivity index (χ1v) is 12.4. The zero-order valence-corrected chi connectivity index (χ0v) is 20.4. The standard InChI is InChI=1S/C29H25ClN4O2/c1-2-27(35)33-15-21(16-33)25-13-20-12-18(17-6-7-17)8-9-23(20)29(36)34(25)24-5-3-4-22(28(24)30)19-10-11-32-26(31)14-19/h2-5,8-14,17,21H,1,6-7,15-16H2,(H2,31,32). The summed E-state index contributed by atoms with van der Waals surface area (Å²) in [4.78, 5) is 31.9. The van der Waals surface area contributed by atoms with E-state index < -0.39 is 0 Å². The van der Waals surface area contributed by atoms with Crippen LogP contribution in [0.1, 0.15) is 35.9 Å². The van der Waals surface area contributed by atoms with Gasteiger partial charge in [-0.25, -0.2) is 4.98 Å². The van der Waals surface area contributed by atoms with Gasteiger partial charge in [0.05, 0.1) is 10.7 Å². The second-order valence-corrected chi connectivity index (χ2v) is 9.96. The Balaban J connectivity index is 1.54. The molecular weight excluding hydrogens is 472 g/mol. The summed E-state index contributed by atoms with van der Waals surface area (Å²) < 4.78 is 1.72. The van der Waals surface area contributed by atoms with Crippen LogP contribution < -0.4 is 11.3 Å². The molecule has 0 bridgehead atoms. The Morgan fingerprint density at radius 3 is 2.61 bits per heavy atom. The summed E-state index contributed by atoms with van der Waals surface area (Å²) in [7, 11) is 0. The number of halogens is 1. The van der Waals surface area contributed by atoms with Gasteiger partial charge in [0.1, 0.15) is 5.82 Å². The van der Waals surface area contributed by atoms with Crippen molar-refractivity contribution >= 4 is 34.1 Å². The van der Waals surface area contributed by atoms with Crippen LogP contribution in [0.5, 0.6) is 0 Å². The van der Waals surface area contributed by atoms with Crippen LogP contribution in [0, 0.1) is 0 Å². The largest absolute Gasteiger partial charge is 0.384 e. The highest BCUT2D eigenvalue weighted by molar-refractivity contribution is 6.35. The molecule has 1 amide bonds. The van der Waals surface area contributed by atoms with Gasteiger partial charge in [0.15, 0.2) is 0 Å². The lowest BCUT2D eigenvalue weighted by atomic mass is 9.92. The first-order valence-electron chi connectivity index (χ1n) is 12.1. The molecular formula is C29H25ClN4O2. The highest BCUT2D eigenvalue weighted by Gasteiger charge is 2.34. The van der Waals surface area contributed by atoms with Gasteiger partial charge >= 0.3 is 0 Å². The second kappa shape index (κ2) is 8.64. The molecule has 2 aromatic heterocycles. The zero-order chi connectivity index (χ0) is 25.0. The maximum Gasteiger partial charge on any atom is 0.263 e. The normalized spacial score (nSPS) is 15.6. The average Bonchev–Trinajstić information content (AvgIpc) is 3.69. The van der Waals surface area contributed by atoms with Gasteiger partial charge in [-0.15, -0.1) is 0 Å². The number of rotatable bonds is 5. The topological polar surface area (TPSA) is 81.2 Å². The lowest BCUT2D eigenvalue weighted by Gasteiger charge is -2.40. The van der Waals surface area contributed by atoms with Crippen LogP contribution in [0.3, 0.4) is 0 Å². The molecule has 2 aromatic carbocycles. The van der Waals surface area contributed by atoms with Crippen LogP contribution in [0.15, 0.2) is 78.2 Å². The van der Waals surface area contributed by atoms with Gasteiger partial charge in [0.2, 0.25) is 5.91 Å². The third-order valence-electron chi connectivity index (χ3n) is 7.22. The molecule has 36 heavy (non-hydrogen) atoms. The molecule has 180 valence electrons. The Morgan fingerprint density at radius 1 is 1.08 bits per heavy atom. The van der Waals surface area contributed by atoms with Crippen molar-refractivity contribution < 1.29 is 4.79 Å². The van der Waals surface area contributed by atoms with Gasteiger partial charge in [-0.2, -0.15) is 0 Å². The summed E-state index contributed by atoms with van der Waals surface area (Å²) in [5, 5.41) is 2.04. The molecule has 3 heterocycles. The van der Waals surface area contributed by atoms with Crippen molar-refractivity contribution in [3.8, 4) is 16.8 Å². The number of benzene rings is 2.